The highest BCUT2D eigenvalue weighted by molar-refractivity contribution is 5.81. The van der Waals surface area contributed by atoms with Crippen LogP contribution in [0.3, 0.4) is 0 Å². The number of carbonyl (C=O) groups excluding carboxylic acids is 1. The van der Waals surface area contributed by atoms with Gasteiger partial charge in [-0.05, 0) is 30.9 Å². The van der Waals surface area contributed by atoms with Gasteiger partial charge in [-0.25, -0.2) is 4.98 Å². The number of nitrogens with zero attached hydrogens (tertiary/aromatic N) is 1. The van der Waals surface area contributed by atoms with Gasteiger partial charge in [-0.3, -0.25) is 4.79 Å². The normalized spacial score (nSPS) is 22.0. The van der Waals surface area contributed by atoms with Crippen molar-refractivity contribution in [2.75, 3.05) is 6.61 Å². The predicted octanol–water partition coefficient (Wildman–Crippen LogP) is 1.75. The molecule has 1 heterocycles. The Morgan fingerprint density at radius 1 is 1.65 bits per heavy atom. The third-order valence-corrected chi connectivity index (χ3v) is 3.00. The summed E-state index contributed by atoms with van der Waals surface area (Å²) < 4.78 is 5.31. The van der Waals surface area contributed by atoms with E-state index in [0.29, 0.717) is 24.9 Å². The molecule has 4 nitrogen and oxygen atoms in total. The van der Waals surface area contributed by atoms with Gasteiger partial charge in [0, 0.05) is 24.7 Å². The van der Waals surface area contributed by atoms with E-state index in [1.54, 1.807) is 6.20 Å². The largest absolute Gasteiger partial charge is 0.478 e. The molecule has 17 heavy (non-hydrogen) atoms. The average Bonchev–Trinajstić information content (AvgIpc) is 3.04. The fourth-order valence-electron chi connectivity index (χ4n) is 1.79. The van der Waals surface area contributed by atoms with Crippen LogP contribution in [0.25, 0.3) is 0 Å². The van der Waals surface area contributed by atoms with Gasteiger partial charge in [-0.1, -0.05) is 6.92 Å². The number of ether oxygens (including phenoxy) is 1. The Kier molecular flexibility index (Phi) is 3.61. The van der Waals surface area contributed by atoms with E-state index in [1.807, 2.05) is 19.1 Å². The lowest BCUT2D eigenvalue weighted by Gasteiger charge is -2.06. The summed E-state index contributed by atoms with van der Waals surface area (Å²) in [5.41, 5.74) is 1.02. The lowest BCUT2D eigenvalue weighted by atomic mass is 10.2. The third-order valence-electron chi connectivity index (χ3n) is 3.00. The highest BCUT2D eigenvalue weighted by atomic mass is 16.5. The maximum absolute atomic E-state index is 11.6. The quantitative estimate of drug-likeness (QED) is 0.844. The second-order valence-corrected chi connectivity index (χ2v) is 4.47. The summed E-state index contributed by atoms with van der Waals surface area (Å²) in [7, 11) is 0. The minimum Gasteiger partial charge on any atom is -0.478 e. The minimum absolute atomic E-state index is 0.160. The fourth-order valence-corrected chi connectivity index (χ4v) is 1.79. The smallest absolute Gasteiger partial charge is 0.223 e. The van der Waals surface area contributed by atoms with Crippen molar-refractivity contribution in [3.8, 4) is 5.88 Å². The van der Waals surface area contributed by atoms with Gasteiger partial charge in [-0.2, -0.15) is 0 Å². The highest BCUT2D eigenvalue weighted by Crippen LogP contribution is 2.37. The zero-order valence-electron chi connectivity index (χ0n) is 10.3. The van der Waals surface area contributed by atoms with Gasteiger partial charge in [0.1, 0.15) is 0 Å². The Hall–Kier alpha value is -1.58. The van der Waals surface area contributed by atoms with Gasteiger partial charge in [-0.15, -0.1) is 0 Å². The van der Waals surface area contributed by atoms with Gasteiger partial charge >= 0.3 is 0 Å². The molecule has 0 aliphatic heterocycles. The summed E-state index contributed by atoms with van der Waals surface area (Å²) in [4.78, 5) is 15.7. The summed E-state index contributed by atoms with van der Waals surface area (Å²) in [6.07, 6.45) is 2.72. The molecular weight excluding hydrogens is 216 g/mol. The van der Waals surface area contributed by atoms with Crippen molar-refractivity contribution in [3.63, 3.8) is 0 Å². The van der Waals surface area contributed by atoms with Crippen molar-refractivity contribution in [1.82, 2.24) is 10.3 Å². The molecule has 0 aromatic carbocycles. The van der Waals surface area contributed by atoms with Crippen LogP contribution in [0, 0.1) is 11.8 Å². The summed E-state index contributed by atoms with van der Waals surface area (Å²) in [5, 5.41) is 2.94. The van der Waals surface area contributed by atoms with Gasteiger partial charge in [0.25, 0.3) is 0 Å². The summed E-state index contributed by atoms with van der Waals surface area (Å²) in [6, 6.07) is 3.75. The standard InChI is InChI=1S/C13H18N2O2/c1-3-17-12-7-10(4-5-14-12)8-15-13(16)11-6-9(11)2/h4-5,7,9,11H,3,6,8H2,1-2H3,(H,15,16)/t9-,11-/m0/s1. The van der Waals surface area contributed by atoms with Crippen LogP contribution >= 0.6 is 0 Å². The molecule has 0 radical (unpaired) electrons. The summed E-state index contributed by atoms with van der Waals surface area (Å²) >= 11 is 0. The van der Waals surface area contributed by atoms with Crippen LogP contribution in [-0.4, -0.2) is 17.5 Å². The molecule has 4 heteroatoms. The maximum Gasteiger partial charge on any atom is 0.223 e. The van der Waals surface area contributed by atoms with Crippen molar-refractivity contribution < 1.29 is 9.53 Å². The molecular formula is C13H18N2O2. The number of nitrogens with one attached hydrogen (secondary N) is 1. The molecule has 1 aliphatic carbocycles. The second-order valence-electron chi connectivity index (χ2n) is 4.47. The number of hydrogen-bond acceptors (Lipinski definition) is 3. The molecule has 0 bridgehead atoms. The highest BCUT2D eigenvalue weighted by Gasteiger charge is 2.38. The monoisotopic (exact) mass is 234 g/mol. The second kappa shape index (κ2) is 5.17. The topological polar surface area (TPSA) is 51.2 Å². The van der Waals surface area contributed by atoms with Crippen LogP contribution in [0.4, 0.5) is 0 Å². The first kappa shape index (κ1) is 11.9. The van der Waals surface area contributed by atoms with Crippen molar-refractivity contribution in [2.24, 2.45) is 11.8 Å². The Balaban J connectivity index is 1.85. The lowest BCUT2D eigenvalue weighted by molar-refractivity contribution is -0.122. The molecule has 1 fully saturated rings. The molecule has 1 amide bonds. The van der Waals surface area contributed by atoms with E-state index in [2.05, 4.69) is 17.2 Å². The van der Waals surface area contributed by atoms with Crippen LogP contribution < -0.4 is 10.1 Å². The zero-order chi connectivity index (χ0) is 12.3. The fraction of sp³-hybridized carbons (Fsp3) is 0.538. The Bertz CT molecular complexity index is 406. The number of rotatable bonds is 5. The molecule has 92 valence electrons. The molecule has 1 N–H and O–H groups in total. The lowest BCUT2D eigenvalue weighted by Crippen LogP contribution is -2.24. The van der Waals surface area contributed by atoms with Gasteiger partial charge in [0.05, 0.1) is 6.61 Å². The Morgan fingerprint density at radius 3 is 3.06 bits per heavy atom. The Labute approximate surface area is 101 Å². The molecule has 0 unspecified atom stereocenters. The van der Waals surface area contributed by atoms with E-state index in [0.717, 1.165) is 12.0 Å². The first-order chi connectivity index (χ1) is 8.20. The number of hydrogen-bond donors (Lipinski definition) is 1. The van der Waals surface area contributed by atoms with Crippen molar-refractivity contribution in [3.05, 3.63) is 23.9 Å². The molecule has 2 atom stereocenters. The van der Waals surface area contributed by atoms with Crippen LogP contribution in [-0.2, 0) is 11.3 Å². The van der Waals surface area contributed by atoms with Crippen molar-refractivity contribution in [2.45, 2.75) is 26.8 Å². The maximum atomic E-state index is 11.6. The molecule has 1 saturated carbocycles. The van der Waals surface area contributed by atoms with E-state index >= 15 is 0 Å². The third kappa shape index (κ3) is 3.19. The molecule has 1 aromatic heterocycles. The summed E-state index contributed by atoms with van der Waals surface area (Å²) in [6.45, 7) is 5.17. The van der Waals surface area contributed by atoms with Crippen molar-refractivity contribution >= 4 is 5.91 Å². The first-order valence-electron chi connectivity index (χ1n) is 6.06. The van der Waals surface area contributed by atoms with Gasteiger partial charge in [0.15, 0.2) is 0 Å². The molecule has 1 aromatic rings. The van der Waals surface area contributed by atoms with Crippen LogP contribution in [0.1, 0.15) is 25.8 Å². The average molecular weight is 234 g/mol. The number of amides is 1. The number of carbonyl (C=O) groups is 1. The van der Waals surface area contributed by atoms with Gasteiger partial charge in [0.2, 0.25) is 11.8 Å². The number of pyridine rings is 1. The van der Waals surface area contributed by atoms with E-state index in [1.165, 1.54) is 0 Å². The van der Waals surface area contributed by atoms with Crippen LogP contribution in [0.2, 0.25) is 0 Å². The predicted molar refractivity (Wildman–Crippen MR) is 64.5 cm³/mol. The van der Waals surface area contributed by atoms with Crippen LogP contribution in [0.5, 0.6) is 5.88 Å². The summed E-state index contributed by atoms with van der Waals surface area (Å²) in [5.74, 6) is 1.54. The van der Waals surface area contributed by atoms with E-state index in [-0.39, 0.29) is 11.8 Å². The van der Waals surface area contributed by atoms with E-state index < -0.39 is 0 Å². The van der Waals surface area contributed by atoms with Gasteiger partial charge < -0.3 is 10.1 Å². The van der Waals surface area contributed by atoms with E-state index in [9.17, 15) is 4.79 Å². The van der Waals surface area contributed by atoms with Crippen molar-refractivity contribution in [1.29, 1.82) is 0 Å². The minimum atomic E-state index is 0.160. The molecule has 1 aliphatic rings. The Morgan fingerprint density at radius 2 is 2.41 bits per heavy atom. The number of aromatic nitrogens is 1. The molecule has 0 spiro atoms. The molecule has 0 saturated heterocycles. The zero-order valence-corrected chi connectivity index (χ0v) is 10.3. The first-order valence-corrected chi connectivity index (χ1v) is 6.06. The van der Waals surface area contributed by atoms with Crippen LogP contribution in [0.15, 0.2) is 18.3 Å². The SMILES string of the molecule is CCOc1cc(CNC(=O)[C@H]2C[C@@H]2C)ccn1. The molecule has 2 rings (SSSR count). The van der Waals surface area contributed by atoms with E-state index in [4.69, 9.17) is 4.74 Å².